The Balaban J connectivity index is 0.00000225. The van der Waals surface area contributed by atoms with Crippen molar-refractivity contribution in [2.24, 2.45) is 7.05 Å². The maximum absolute atomic E-state index is 12.9. The lowest BCUT2D eigenvalue weighted by molar-refractivity contribution is -0.137. The molecule has 0 atom stereocenters. The summed E-state index contributed by atoms with van der Waals surface area (Å²) in [4.78, 5) is 1.65. The lowest BCUT2D eigenvalue weighted by Crippen LogP contribution is -2.17. The average Bonchev–Trinajstić information content (AvgIpc) is 2.96. The number of hydrogen-bond acceptors (Lipinski definition) is 3. The molecule has 0 unspecified atom stereocenters. The van der Waals surface area contributed by atoms with E-state index in [2.05, 4.69) is 10.2 Å². The Kier molecular flexibility index (Phi) is 5.98. The van der Waals surface area contributed by atoms with Crippen molar-refractivity contribution in [1.29, 1.82) is 0 Å². The van der Waals surface area contributed by atoms with Gasteiger partial charge in [0.2, 0.25) is 5.95 Å². The summed E-state index contributed by atoms with van der Waals surface area (Å²) in [6, 6.07) is 5.26. The van der Waals surface area contributed by atoms with Crippen LogP contribution < -0.4 is 4.90 Å². The summed E-state index contributed by atoms with van der Waals surface area (Å²) < 4.78 is 40.6. The molecule has 1 saturated carbocycles. The third-order valence-electron chi connectivity index (χ3n) is 4.72. The summed E-state index contributed by atoms with van der Waals surface area (Å²) in [5.41, 5.74) is -0.225. The first-order valence-corrected chi connectivity index (χ1v) is 8.18. The molecule has 25 heavy (non-hydrogen) atoms. The topological polar surface area (TPSA) is 34.0 Å². The Labute approximate surface area is 151 Å². The molecule has 0 aliphatic heterocycles. The number of benzene rings is 1. The Bertz CT molecular complexity index is 708. The smallest absolute Gasteiger partial charge is 0.314 e. The van der Waals surface area contributed by atoms with Gasteiger partial charge in [-0.25, -0.2) is 0 Å². The minimum atomic E-state index is -4.36. The molecule has 2 aromatic rings. The molecule has 4 nitrogen and oxygen atoms in total. The highest BCUT2D eigenvalue weighted by Gasteiger charge is 2.31. The second kappa shape index (κ2) is 7.64. The van der Waals surface area contributed by atoms with E-state index in [1.807, 2.05) is 11.6 Å². The van der Waals surface area contributed by atoms with Crippen molar-refractivity contribution in [3.8, 4) is 0 Å². The van der Waals surface area contributed by atoms with E-state index in [4.69, 9.17) is 0 Å². The molecule has 8 heteroatoms. The van der Waals surface area contributed by atoms with Gasteiger partial charge in [-0.05, 0) is 31.0 Å². The van der Waals surface area contributed by atoms with Crippen molar-refractivity contribution < 1.29 is 13.2 Å². The highest BCUT2D eigenvalue weighted by Crippen LogP contribution is 2.35. The second-order valence-corrected chi connectivity index (χ2v) is 6.36. The van der Waals surface area contributed by atoms with Crippen molar-refractivity contribution in [1.82, 2.24) is 14.8 Å². The molecule has 1 fully saturated rings. The molecule has 3 rings (SSSR count). The summed E-state index contributed by atoms with van der Waals surface area (Å²) in [5.74, 6) is 1.86. The quantitative estimate of drug-likeness (QED) is 0.752. The first-order valence-electron chi connectivity index (χ1n) is 8.18. The van der Waals surface area contributed by atoms with Gasteiger partial charge >= 0.3 is 6.18 Å². The molecule has 1 aliphatic carbocycles. The number of rotatable bonds is 3. The summed E-state index contributed by atoms with van der Waals surface area (Å²) in [7, 11) is 3.59. The van der Waals surface area contributed by atoms with Crippen LogP contribution in [0.2, 0.25) is 0 Å². The van der Waals surface area contributed by atoms with E-state index in [0.717, 1.165) is 30.8 Å². The first-order chi connectivity index (χ1) is 11.4. The Hall–Kier alpha value is -1.76. The van der Waals surface area contributed by atoms with Gasteiger partial charge in [0.1, 0.15) is 5.82 Å². The van der Waals surface area contributed by atoms with Gasteiger partial charge < -0.3 is 4.90 Å². The van der Waals surface area contributed by atoms with E-state index >= 15 is 0 Å². The third-order valence-corrected chi connectivity index (χ3v) is 4.72. The van der Waals surface area contributed by atoms with Crippen LogP contribution in [-0.2, 0) is 13.2 Å². The van der Waals surface area contributed by atoms with Crippen LogP contribution in [0.5, 0.6) is 0 Å². The van der Waals surface area contributed by atoms with Crippen LogP contribution in [0.3, 0.4) is 0 Å². The van der Waals surface area contributed by atoms with Gasteiger partial charge in [0.25, 0.3) is 0 Å². The van der Waals surface area contributed by atoms with Crippen LogP contribution in [0, 0.1) is 0 Å². The number of aromatic nitrogens is 3. The zero-order chi connectivity index (χ0) is 17.3. The normalized spacial score (nSPS) is 15.7. The Morgan fingerprint density at radius 1 is 1.12 bits per heavy atom. The standard InChI is InChI=1S/C17H21F3N4.ClH/c1-23(14-10-6-9-13(11-14)17(18,19)20)16-22-21-15(24(16)2)12-7-4-3-5-8-12;/h6,9-12H,3-5,7-8H2,1-2H3;1H. The van der Waals surface area contributed by atoms with Crippen molar-refractivity contribution >= 4 is 24.0 Å². The predicted octanol–water partition coefficient (Wildman–Crippen LogP) is 5.07. The SMILES string of the molecule is CN(c1cccc(C(F)(F)F)c1)c1nnc(C2CCCCC2)n1C.Cl. The van der Waals surface area contributed by atoms with Gasteiger partial charge in [-0.15, -0.1) is 22.6 Å². The van der Waals surface area contributed by atoms with E-state index in [-0.39, 0.29) is 12.4 Å². The Morgan fingerprint density at radius 2 is 1.80 bits per heavy atom. The number of alkyl halides is 3. The van der Waals surface area contributed by atoms with Crippen LogP contribution >= 0.6 is 12.4 Å². The molecule has 1 aromatic carbocycles. The number of anilines is 2. The fourth-order valence-corrected chi connectivity index (χ4v) is 3.35. The molecule has 0 N–H and O–H groups in total. The molecular formula is C17H22ClF3N4. The molecular weight excluding hydrogens is 353 g/mol. The molecule has 1 heterocycles. The zero-order valence-corrected chi connectivity index (χ0v) is 15.1. The van der Waals surface area contributed by atoms with Gasteiger partial charge in [0.05, 0.1) is 5.56 Å². The summed E-state index contributed by atoms with van der Waals surface area (Å²) in [5, 5.41) is 8.52. The third kappa shape index (κ3) is 4.08. The van der Waals surface area contributed by atoms with Gasteiger partial charge in [0.15, 0.2) is 0 Å². The molecule has 0 spiro atoms. The molecule has 0 amide bonds. The number of hydrogen-bond donors (Lipinski definition) is 0. The number of nitrogens with zero attached hydrogens (tertiary/aromatic N) is 4. The van der Waals surface area contributed by atoms with E-state index in [1.54, 1.807) is 18.0 Å². The molecule has 1 aliphatic rings. The second-order valence-electron chi connectivity index (χ2n) is 6.36. The monoisotopic (exact) mass is 374 g/mol. The lowest BCUT2D eigenvalue weighted by Gasteiger charge is -2.22. The molecule has 0 radical (unpaired) electrons. The van der Waals surface area contributed by atoms with Crippen LogP contribution in [0.1, 0.15) is 49.4 Å². The van der Waals surface area contributed by atoms with Gasteiger partial charge in [0, 0.05) is 25.7 Å². The minimum absolute atomic E-state index is 0. The summed E-state index contributed by atoms with van der Waals surface area (Å²) >= 11 is 0. The van der Waals surface area contributed by atoms with Crippen molar-refractivity contribution in [3.63, 3.8) is 0 Å². The van der Waals surface area contributed by atoms with Crippen LogP contribution in [0.15, 0.2) is 24.3 Å². The van der Waals surface area contributed by atoms with Crippen molar-refractivity contribution in [3.05, 3.63) is 35.7 Å². The van der Waals surface area contributed by atoms with Crippen LogP contribution in [0.25, 0.3) is 0 Å². The van der Waals surface area contributed by atoms with Gasteiger partial charge in [-0.3, -0.25) is 4.57 Å². The van der Waals surface area contributed by atoms with Gasteiger partial charge in [-0.2, -0.15) is 13.2 Å². The first kappa shape index (κ1) is 19.6. The summed E-state index contributed by atoms with van der Waals surface area (Å²) in [6.45, 7) is 0. The molecule has 0 saturated heterocycles. The van der Waals surface area contributed by atoms with E-state index < -0.39 is 11.7 Å². The maximum atomic E-state index is 12.9. The van der Waals surface area contributed by atoms with Crippen molar-refractivity contribution in [2.45, 2.75) is 44.2 Å². The zero-order valence-electron chi connectivity index (χ0n) is 14.3. The van der Waals surface area contributed by atoms with E-state index in [9.17, 15) is 13.2 Å². The Morgan fingerprint density at radius 3 is 2.44 bits per heavy atom. The van der Waals surface area contributed by atoms with Crippen molar-refractivity contribution in [2.75, 3.05) is 11.9 Å². The van der Waals surface area contributed by atoms with Gasteiger partial charge in [-0.1, -0.05) is 25.3 Å². The van der Waals surface area contributed by atoms with Crippen LogP contribution in [0.4, 0.5) is 24.8 Å². The summed E-state index contributed by atoms with van der Waals surface area (Å²) in [6.07, 6.45) is 1.47. The van der Waals surface area contributed by atoms with E-state index in [1.165, 1.54) is 25.3 Å². The fraction of sp³-hybridized carbons (Fsp3) is 0.529. The average molecular weight is 375 g/mol. The maximum Gasteiger partial charge on any atom is 0.416 e. The minimum Gasteiger partial charge on any atom is -0.314 e. The van der Waals surface area contributed by atoms with Crippen LogP contribution in [-0.4, -0.2) is 21.8 Å². The fourth-order valence-electron chi connectivity index (χ4n) is 3.35. The number of halogens is 4. The van der Waals surface area contributed by atoms with E-state index in [0.29, 0.717) is 17.6 Å². The highest BCUT2D eigenvalue weighted by molar-refractivity contribution is 5.85. The molecule has 138 valence electrons. The highest BCUT2D eigenvalue weighted by atomic mass is 35.5. The predicted molar refractivity (Wildman–Crippen MR) is 93.6 cm³/mol. The largest absolute Gasteiger partial charge is 0.416 e. The lowest BCUT2D eigenvalue weighted by atomic mass is 9.89. The molecule has 1 aromatic heterocycles. The molecule has 0 bridgehead atoms.